The molecule has 96 valence electrons. The quantitative estimate of drug-likeness (QED) is 0.536. The molecule has 3 heteroatoms. The third-order valence-electron chi connectivity index (χ3n) is 2.62. The second-order valence-corrected chi connectivity index (χ2v) is 8.00. The first kappa shape index (κ1) is 14.3. The van der Waals surface area contributed by atoms with Crippen LogP contribution in [0.2, 0.25) is 13.1 Å². The van der Waals surface area contributed by atoms with Crippen molar-refractivity contribution in [3.05, 3.63) is 29.8 Å². The summed E-state index contributed by atoms with van der Waals surface area (Å²) in [6, 6.07) is 8.29. The fraction of sp³-hybridized carbons (Fsp3) is 0.571. The summed E-state index contributed by atoms with van der Waals surface area (Å²) in [6.07, 6.45) is 3.31. The molecule has 0 amide bonds. The summed E-state index contributed by atoms with van der Waals surface area (Å²) in [5, 5.41) is 0. The van der Waals surface area contributed by atoms with Gasteiger partial charge in [-0.05, 0) is 43.6 Å². The topological polar surface area (TPSA) is 18.5 Å². The number of rotatable bonds is 7. The van der Waals surface area contributed by atoms with E-state index < -0.39 is 8.56 Å². The van der Waals surface area contributed by atoms with Crippen molar-refractivity contribution in [2.75, 3.05) is 6.61 Å². The standard InChI is InChI=1S/C14H24O2Si/c1-5-7-11-15-17(3,4)16-14-10-8-9-13(6-2)12-14/h8-10,12H,5-7,11H2,1-4H3. The van der Waals surface area contributed by atoms with Gasteiger partial charge in [0.15, 0.2) is 0 Å². The predicted octanol–water partition coefficient (Wildman–Crippen LogP) is 4.15. The summed E-state index contributed by atoms with van der Waals surface area (Å²) in [5.41, 5.74) is 1.31. The van der Waals surface area contributed by atoms with Crippen molar-refractivity contribution in [1.82, 2.24) is 0 Å². The zero-order chi connectivity index (χ0) is 12.7. The van der Waals surface area contributed by atoms with Crippen LogP contribution in [0.5, 0.6) is 5.75 Å². The molecule has 0 saturated heterocycles. The number of unbranched alkanes of at least 4 members (excludes halogenated alkanes) is 1. The third-order valence-corrected chi connectivity index (χ3v) is 4.24. The predicted molar refractivity (Wildman–Crippen MR) is 74.8 cm³/mol. The van der Waals surface area contributed by atoms with Gasteiger partial charge in [-0.1, -0.05) is 32.4 Å². The molecule has 0 unspecified atom stereocenters. The Morgan fingerprint density at radius 2 is 1.94 bits per heavy atom. The first-order valence-electron chi connectivity index (χ1n) is 6.49. The average Bonchev–Trinajstić information content (AvgIpc) is 2.29. The van der Waals surface area contributed by atoms with E-state index in [2.05, 4.69) is 39.1 Å². The Hall–Kier alpha value is -0.803. The van der Waals surface area contributed by atoms with Crippen molar-refractivity contribution >= 4 is 8.56 Å². The monoisotopic (exact) mass is 252 g/mol. The van der Waals surface area contributed by atoms with E-state index in [0.717, 1.165) is 31.6 Å². The Bertz CT molecular complexity index is 337. The van der Waals surface area contributed by atoms with Crippen molar-refractivity contribution < 1.29 is 8.85 Å². The van der Waals surface area contributed by atoms with Crippen LogP contribution in [0.3, 0.4) is 0 Å². The molecule has 0 bridgehead atoms. The van der Waals surface area contributed by atoms with Crippen LogP contribution in [0.1, 0.15) is 32.3 Å². The third kappa shape index (κ3) is 5.37. The molecule has 0 fully saturated rings. The van der Waals surface area contributed by atoms with Crippen molar-refractivity contribution in [3.63, 3.8) is 0 Å². The number of hydrogen-bond acceptors (Lipinski definition) is 2. The maximum absolute atomic E-state index is 6.01. The lowest BCUT2D eigenvalue weighted by Gasteiger charge is -2.24. The van der Waals surface area contributed by atoms with Crippen LogP contribution < -0.4 is 4.43 Å². The lowest BCUT2D eigenvalue weighted by Crippen LogP contribution is -2.38. The van der Waals surface area contributed by atoms with Crippen LogP contribution in [-0.2, 0) is 10.8 Å². The summed E-state index contributed by atoms with van der Waals surface area (Å²) in [7, 11) is -2.02. The first-order chi connectivity index (χ1) is 8.07. The van der Waals surface area contributed by atoms with Gasteiger partial charge in [-0.25, -0.2) is 0 Å². The molecule has 0 N–H and O–H groups in total. The van der Waals surface area contributed by atoms with Gasteiger partial charge in [0.1, 0.15) is 5.75 Å². The molecule has 1 aromatic carbocycles. The Morgan fingerprint density at radius 1 is 1.18 bits per heavy atom. The Morgan fingerprint density at radius 3 is 2.59 bits per heavy atom. The van der Waals surface area contributed by atoms with Gasteiger partial charge in [-0.2, -0.15) is 0 Å². The second kappa shape index (κ2) is 6.82. The van der Waals surface area contributed by atoms with Gasteiger partial charge < -0.3 is 8.85 Å². The fourth-order valence-corrected chi connectivity index (χ4v) is 2.99. The van der Waals surface area contributed by atoms with E-state index in [1.807, 2.05) is 12.1 Å². The van der Waals surface area contributed by atoms with Gasteiger partial charge in [0.25, 0.3) is 0 Å². The summed E-state index contributed by atoms with van der Waals surface area (Å²) in [6.45, 7) is 9.33. The maximum Gasteiger partial charge on any atom is 0.392 e. The highest BCUT2D eigenvalue weighted by molar-refractivity contribution is 6.65. The zero-order valence-corrected chi connectivity index (χ0v) is 12.5. The summed E-state index contributed by atoms with van der Waals surface area (Å²) in [4.78, 5) is 0. The summed E-state index contributed by atoms with van der Waals surface area (Å²) < 4.78 is 11.9. The molecule has 0 aliphatic carbocycles. The smallest absolute Gasteiger partial charge is 0.392 e. The van der Waals surface area contributed by atoms with Gasteiger partial charge in [0, 0.05) is 6.61 Å². The van der Waals surface area contributed by atoms with Gasteiger partial charge in [0.05, 0.1) is 0 Å². The first-order valence-corrected chi connectivity index (χ1v) is 9.31. The van der Waals surface area contributed by atoms with Crippen LogP contribution in [0.4, 0.5) is 0 Å². The minimum absolute atomic E-state index is 0.809. The van der Waals surface area contributed by atoms with Crippen molar-refractivity contribution in [1.29, 1.82) is 0 Å². The summed E-state index contributed by atoms with van der Waals surface area (Å²) >= 11 is 0. The Balaban J connectivity index is 2.55. The average molecular weight is 252 g/mol. The molecule has 0 aliphatic rings. The van der Waals surface area contributed by atoms with Crippen LogP contribution in [0.25, 0.3) is 0 Å². The van der Waals surface area contributed by atoms with Crippen molar-refractivity contribution in [3.8, 4) is 5.75 Å². The van der Waals surface area contributed by atoms with Gasteiger partial charge in [-0.15, -0.1) is 0 Å². The molecule has 2 nitrogen and oxygen atoms in total. The van der Waals surface area contributed by atoms with Crippen molar-refractivity contribution in [2.45, 2.75) is 46.2 Å². The molecule has 0 spiro atoms. The molecule has 1 rings (SSSR count). The van der Waals surface area contributed by atoms with Gasteiger partial charge in [-0.3, -0.25) is 0 Å². The van der Waals surface area contributed by atoms with E-state index >= 15 is 0 Å². The lowest BCUT2D eigenvalue weighted by molar-refractivity contribution is 0.243. The molecule has 0 atom stereocenters. The van der Waals surface area contributed by atoms with Crippen molar-refractivity contribution in [2.24, 2.45) is 0 Å². The van der Waals surface area contributed by atoms with Crippen LogP contribution in [0, 0.1) is 0 Å². The highest BCUT2D eigenvalue weighted by Gasteiger charge is 2.26. The molecule has 0 saturated carbocycles. The van der Waals surface area contributed by atoms with E-state index in [0.29, 0.717) is 0 Å². The number of hydrogen-bond donors (Lipinski definition) is 0. The SMILES string of the molecule is CCCCO[Si](C)(C)Oc1cccc(CC)c1. The second-order valence-electron chi connectivity index (χ2n) is 4.70. The maximum atomic E-state index is 6.01. The zero-order valence-electron chi connectivity index (χ0n) is 11.5. The minimum atomic E-state index is -2.02. The molecule has 0 aromatic heterocycles. The molecular weight excluding hydrogens is 228 g/mol. The van der Waals surface area contributed by atoms with Crippen LogP contribution in [0.15, 0.2) is 24.3 Å². The van der Waals surface area contributed by atoms with E-state index in [9.17, 15) is 0 Å². The molecule has 0 radical (unpaired) electrons. The Kier molecular flexibility index (Phi) is 5.72. The largest absolute Gasteiger partial charge is 0.520 e. The normalized spacial score (nSPS) is 11.5. The molecule has 0 aliphatic heterocycles. The number of benzene rings is 1. The van der Waals surface area contributed by atoms with Gasteiger partial charge >= 0.3 is 8.56 Å². The van der Waals surface area contributed by atoms with E-state index in [4.69, 9.17) is 8.85 Å². The van der Waals surface area contributed by atoms with Gasteiger partial charge in [0.2, 0.25) is 0 Å². The van der Waals surface area contributed by atoms with E-state index in [1.165, 1.54) is 5.56 Å². The van der Waals surface area contributed by atoms with Crippen LogP contribution >= 0.6 is 0 Å². The molecule has 0 heterocycles. The van der Waals surface area contributed by atoms with E-state index in [1.54, 1.807) is 0 Å². The molecular formula is C14H24O2Si. The fourth-order valence-electron chi connectivity index (χ4n) is 1.60. The minimum Gasteiger partial charge on any atom is -0.520 e. The Labute approximate surface area is 106 Å². The lowest BCUT2D eigenvalue weighted by atomic mass is 10.2. The molecule has 1 aromatic rings. The molecule has 17 heavy (non-hydrogen) atoms. The van der Waals surface area contributed by atoms with Crippen LogP contribution in [-0.4, -0.2) is 15.2 Å². The number of aryl methyl sites for hydroxylation is 1. The highest BCUT2D eigenvalue weighted by Crippen LogP contribution is 2.19. The highest BCUT2D eigenvalue weighted by atomic mass is 28.4. The summed E-state index contributed by atoms with van der Waals surface area (Å²) in [5.74, 6) is 0.942. The van der Waals surface area contributed by atoms with E-state index in [-0.39, 0.29) is 0 Å².